The second kappa shape index (κ2) is 3.56. The number of rotatable bonds is 1. The van der Waals surface area contributed by atoms with Gasteiger partial charge in [-0.05, 0) is 0 Å². The number of aliphatic hydroxyl groups excluding tert-OH is 3. The number of aliphatic carboxylic acids is 1. The van der Waals surface area contributed by atoms with Gasteiger partial charge in [0.1, 0.15) is 12.2 Å². The molecule has 0 aromatic rings. The van der Waals surface area contributed by atoms with E-state index in [2.05, 4.69) is 4.74 Å². The molecule has 5 atom stereocenters. The molecule has 0 aromatic carbocycles. The van der Waals surface area contributed by atoms with Gasteiger partial charge in [0.25, 0.3) is 0 Å². The van der Waals surface area contributed by atoms with Gasteiger partial charge in [-0.2, -0.15) is 0 Å². The zero-order chi connectivity index (χ0) is 10.2. The zero-order valence-electron chi connectivity index (χ0n) is 6.57. The molecule has 0 amide bonds. The van der Waals surface area contributed by atoms with Crippen LogP contribution in [0.5, 0.6) is 0 Å². The van der Waals surface area contributed by atoms with Crippen LogP contribution in [0.2, 0.25) is 0 Å². The Bertz CT molecular complexity index is 209. The van der Waals surface area contributed by atoms with Gasteiger partial charge in [-0.3, -0.25) is 0 Å². The van der Waals surface area contributed by atoms with E-state index < -0.39 is 36.6 Å². The molecule has 1 saturated heterocycles. The number of carbonyl (C=O) groups is 1. The monoisotopic (exact) mass is 193 g/mol. The van der Waals surface area contributed by atoms with Crippen LogP contribution in [0.15, 0.2) is 0 Å². The summed E-state index contributed by atoms with van der Waals surface area (Å²) in [6, 6.07) is -1.25. The molecule has 1 rings (SSSR count). The standard InChI is InChI=1S/C6H11NO6/c7-1-2(8)3(9)6(12)13-4(1)5(10)11/h1-4,6,8-9,12H,7H2,(H,10,11)/t1-,2-,3+,4-,6-/m0/s1. The lowest BCUT2D eigenvalue weighted by atomic mass is 9.97. The first-order chi connectivity index (χ1) is 5.95. The molecule has 6 N–H and O–H groups in total. The van der Waals surface area contributed by atoms with Crippen LogP contribution in [-0.4, -0.2) is 57.0 Å². The van der Waals surface area contributed by atoms with Crippen LogP contribution in [0.1, 0.15) is 0 Å². The predicted molar refractivity (Wildman–Crippen MR) is 38.5 cm³/mol. The van der Waals surface area contributed by atoms with Crippen LogP contribution >= 0.6 is 0 Å². The Balaban J connectivity index is 2.76. The largest absolute Gasteiger partial charge is 0.479 e. The first kappa shape index (κ1) is 10.4. The van der Waals surface area contributed by atoms with E-state index in [1.54, 1.807) is 0 Å². The molecule has 76 valence electrons. The fourth-order valence-corrected chi connectivity index (χ4v) is 1.12. The van der Waals surface area contributed by atoms with Gasteiger partial charge < -0.3 is 30.9 Å². The molecular weight excluding hydrogens is 182 g/mol. The van der Waals surface area contributed by atoms with E-state index in [4.69, 9.17) is 26.2 Å². The molecule has 1 fully saturated rings. The van der Waals surface area contributed by atoms with E-state index in [0.717, 1.165) is 0 Å². The van der Waals surface area contributed by atoms with Crippen molar-refractivity contribution in [2.45, 2.75) is 30.6 Å². The number of nitrogens with two attached hydrogens (primary N) is 1. The molecule has 1 heterocycles. The third-order valence-electron chi connectivity index (χ3n) is 1.92. The van der Waals surface area contributed by atoms with Crippen molar-refractivity contribution in [3.05, 3.63) is 0 Å². The predicted octanol–water partition coefficient (Wildman–Crippen LogP) is -3.16. The van der Waals surface area contributed by atoms with E-state index in [0.29, 0.717) is 0 Å². The van der Waals surface area contributed by atoms with Crippen molar-refractivity contribution < 1.29 is 30.0 Å². The fraction of sp³-hybridized carbons (Fsp3) is 0.833. The number of ether oxygens (including phenoxy) is 1. The third kappa shape index (κ3) is 1.79. The van der Waals surface area contributed by atoms with Crippen molar-refractivity contribution >= 4 is 5.97 Å². The van der Waals surface area contributed by atoms with E-state index in [-0.39, 0.29) is 0 Å². The highest BCUT2D eigenvalue weighted by molar-refractivity contribution is 5.73. The molecule has 1 aliphatic rings. The van der Waals surface area contributed by atoms with E-state index in [9.17, 15) is 4.79 Å². The Labute approximate surface area is 73.4 Å². The molecular formula is C6H11NO6. The average molecular weight is 193 g/mol. The maximum atomic E-state index is 10.5. The van der Waals surface area contributed by atoms with Crippen LogP contribution in [0, 0.1) is 0 Å². The van der Waals surface area contributed by atoms with Crippen molar-refractivity contribution in [1.82, 2.24) is 0 Å². The lowest BCUT2D eigenvalue weighted by Gasteiger charge is -2.36. The first-order valence-corrected chi connectivity index (χ1v) is 3.63. The minimum Gasteiger partial charge on any atom is -0.479 e. The van der Waals surface area contributed by atoms with Crippen molar-refractivity contribution in [1.29, 1.82) is 0 Å². The van der Waals surface area contributed by atoms with Gasteiger partial charge in [-0.15, -0.1) is 0 Å². The number of aliphatic hydroxyl groups is 3. The smallest absolute Gasteiger partial charge is 0.334 e. The summed E-state index contributed by atoms with van der Waals surface area (Å²) >= 11 is 0. The molecule has 13 heavy (non-hydrogen) atoms. The normalized spacial score (nSPS) is 46.0. The molecule has 0 saturated carbocycles. The highest BCUT2D eigenvalue weighted by atomic mass is 16.6. The minimum atomic E-state index is -1.73. The summed E-state index contributed by atoms with van der Waals surface area (Å²) in [5, 5.41) is 35.6. The van der Waals surface area contributed by atoms with Crippen LogP contribution < -0.4 is 5.73 Å². The lowest BCUT2D eigenvalue weighted by Crippen LogP contribution is -2.63. The highest BCUT2D eigenvalue weighted by Gasteiger charge is 2.45. The van der Waals surface area contributed by atoms with Gasteiger partial charge in [0.15, 0.2) is 12.4 Å². The Morgan fingerprint density at radius 2 is 1.77 bits per heavy atom. The van der Waals surface area contributed by atoms with Gasteiger partial charge in [0.05, 0.1) is 6.04 Å². The summed E-state index contributed by atoms with van der Waals surface area (Å²) in [4.78, 5) is 10.5. The fourth-order valence-electron chi connectivity index (χ4n) is 1.12. The molecule has 1 aliphatic heterocycles. The van der Waals surface area contributed by atoms with E-state index in [1.807, 2.05) is 0 Å². The molecule has 0 aliphatic carbocycles. The maximum absolute atomic E-state index is 10.5. The number of hydrogen-bond donors (Lipinski definition) is 5. The Morgan fingerprint density at radius 3 is 2.23 bits per heavy atom. The molecule has 7 heteroatoms. The van der Waals surface area contributed by atoms with Crippen LogP contribution in [-0.2, 0) is 9.53 Å². The first-order valence-electron chi connectivity index (χ1n) is 3.63. The molecule has 0 radical (unpaired) electrons. The lowest BCUT2D eigenvalue weighted by molar-refractivity contribution is -0.254. The summed E-state index contributed by atoms with van der Waals surface area (Å²) in [5.74, 6) is -1.39. The van der Waals surface area contributed by atoms with Gasteiger partial charge in [0.2, 0.25) is 0 Å². The summed E-state index contributed by atoms with van der Waals surface area (Å²) in [6.07, 6.45) is -6.32. The quantitative estimate of drug-likeness (QED) is 0.296. The molecule has 0 aromatic heterocycles. The molecule has 7 nitrogen and oxygen atoms in total. The summed E-state index contributed by atoms with van der Waals surface area (Å²) < 4.78 is 4.46. The van der Waals surface area contributed by atoms with Crippen molar-refractivity contribution in [3.8, 4) is 0 Å². The summed E-state index contributed by atoms with van der Waals surface area (Å²) in [5.41, 5.74) is 5.25. The second-order valence-corrected chi connectivity index (χ2v) is 2.84. The van der Waals surface area contributed by atoms with Crippen LogP contribution in [0.25, 0.3) is 0 Å². The second-order valence-electron chi connectivity index (χ2n) is 2.84. The summed E-state index contributed by atoms with van der Waals surface area (Å²) in [7, 11) is 0. The Hall–Kier alpha value is -0.730. The topological polar surface area (TPSA) is 133 Å². The van der Waals surface area contributed by atoms with Crippen LogP contribution in [0.4, 0.5) is 0 Å². The van der Waals surface area contributed by atoms with Gasteiger partial charge >= 0.3 is 5.97 Å². The van der Waals surface area contributed by atoms with Gasteiger partial charge in [0, 0.05) is 0 Å². The van der Waals surface area contributed by atoms with Crippen molar-refractivity contribution in [2.75, 3.05) is 0 Å². The third-order valence-corrected chi connectivity index (χ3v) is 1.92. The maximum Gasteiger partial charge on any atom is 0.334 e. The summed E-state index contributed by atoms with van der Waals surface area (Å²) in [6.45, 7) is 0. The van der Waals surface area contributed by atoms with Crippen LogP contribution in [0.3, 0.4) is 0 Å². The van der Waals surface area contributed by atoms with Crippen molar-refractivity contribution in [3.63, 3.8) is 0 Å². The average Bonchev–Trinajstić information content (AvgIpc) is 2.07. The van der Waals surface area contributed by atoms with E-state index in [1.165, 1.54) is 0 Å². The van der Waals surface area contributed by atoms with Crippen molar-refractivity contribution in [2.24, 2.45) is 5.73 Å². The number of carboxylic acids is 1. The SMILES string of the molecule is N[C@H]1[C@H](O)[C@@H](O)[C@@H](O)O[C@@H]1C(=O)O. The van der Waals surface area contributed by atoms with Gasteiger partial charge in [-0.25, -0.2) is 4.79 Å². The number of hydrogen-bond acceptors (Lipinski definition) is 6. The minimum absolute atomic E-state index is 1.25. The number of carboxylic acid groups (broad SMARTS) is 1. The highest BCUT2D eigenvalue weighted by Crippen LogP contribution is 2.18. The zero-order valence-corrected chi connectivity index (χ0v) is 6.57. The molecule has 0 spiro atoms. The molecule has 0 unspecified atom stereocenters. The van der Waals surface area contributed by atoms with E-state index >= 15 is 0 Å². The Morgan fingerprint density at radius 1 is 1.23 bits per heavy atom. The molecule has 0 bridgehead atoms. The van der Waals surface area contributed by atoms with Gasteiger partial charge in [-0.1, -0.05) is 0 Å². The Kier molecular flexibility index (Phi) is 2.84.